The molecule has 1 aromatic rings. The van der Waals surface area contributed by atoms with Crippen LogP contribution in [0.2, 0.25) is 0 Å². The van der Waals surface area contributed by atoms with Crippen molar-refractivity contribution in [3.05, 3.63) is 29.8 Å². The van der Waals surface area contributed by atoms with Crippen molar-refractivity contribution >= 4 is 19.4 Å². The number of nitrogens with one attached hydrogen (secondary N) is 1. The standard InChI is InChI=1S/C13H17BN2O/c1-9-13(14)7-4-8-16(13)12(17)10-5-2-3-6-11(10)15-9/h2-3,5-6,9,15H,4,7-8,14H2,1H3. The van der Waals surface area contributed by atoms with Crippen LogP contribution in [0.1, 0.15) is 30.1 Å². The Hall–Kier alpha value is -1.45. The zero-order chi connectivity index (χ0) is 12.0. The van der Waals surface area contributed by atoms with Crippen LogP contribution in [0.15, 0.2) is 24.3 Å². The van der Waals surface area contributed by atoms with Crippen LogP contribution in [0.5, 0.6) is 0 Å². The lowest BCUT2D eigenvalue weighted by atomic mass is 9.70. The maximum absolute atomic E-state index is 12.6. The van der Waals surface area contributed by atoms with Gasteiger partial charge in [0.25, 0.3) is 5.91 Å². The summed E-state index contributed by atoms with van der Waals surface area (Å²) >= 11 is 0. The molecule has 2 unspecified atom stereocenters. The molecular weight excluding hydrogens is 211 g/mol. The van der Waals surface area contributed by atoms with Gasteiger partial charge in [-0.05, 0) is 31.9 Å². The average molecular weight is 228 g/mol. The van der Waals surface area contributed by atoms with Crippen LogP contribution in [0, 0.1) is 0 Å². The van der Waals surface area contributed by atoms with Crippen molar-refractivity contribution in [3.8, 4) is 0 Å². The summed E-state index contributed by atoms with van der Waals surface area (Å²) in [6.45, 7) is 3.06. The minimum absolute atomic E-state index is 0.0455. The number of hydrogen-bond donors (Lipinski definition) is 1. The molecule has 2 aliphatic rings. The Bertz CT molecular complexity index is 476. The molecular formula is C13H17BN2O. The summed E-state index contributed by atoms with van der Waals surface area (Å²) in [5, 5.41) is 3.50. The molecule has 1 aromatic carbocycles. The highest BCUT2D eigenvalue weighted by Crippen LogP contribution is 2.36. The maximum atomic E-state index is 12.6. The van der Waals surface area contributed by atoms with Crippen LogP contribution in [0.25, 0.3) is 0 Å². The molecule has 0 aromatic heterocycles. The van der Waals surface area contributed by atoms with Crippen molar-refractivity contribution < 1.29 is 4.79 Å². The van der Waals surface area contributed by atoms with Gasteiger partial charge >= 0.3 is 0 Å². The van der Waals surface area contributed by atoms with Crippen molar-refractivity contribution in [3.63, 3.8) is 0 Å². The molecule has 17 heavy (non-hydrogen) atoms. The number of hydrogen-bond acceptors (Lipinski definition) is 2. The quantitative estimate of drug-likeness (QED) is 0.673. The third-order valence-electron chi connectivity index (χ3n) is 4.39. The fourth-order valence-electron chi connectivity index (χ4n) is 3.10. The third-order valence-corrected chi connectivity index (χ3v) is 4.39. The smallest absolute Gasteiger partial charge is 0.255 e. The van der Waals surface area contributed by atoms with Gasteiger partial charge in [0.15, 0.2) is 0 Å². The molecule has 1 amide bonds. The Morgan fingerprint density at radius 2 is 2.24 bits per heavy atom. The second kappa shape index (κ2) is 3.52. The number of carbonyl (C=O) groups excluding carboxylic acids is 1. The lowest BCUT2D eigenvalue weighted by Gasteiger charge is -2.38. The Labute approximate surface area is 103 Å². The largest absolute Gasteiger partial charge is 0.380 e. The molecule has 88 valence electrons. The van der Waals surface area contributed by atoms with Gasteiger partial charge in [-0.15, -0.1) is 0 Å². The molecule has 0 bridgehead atoms. The van der Waals surface area contributed by atoms with E-state index >= 15 is 0 Å². The summed E-state index contributed by atoms with van der Waals surface area (Å²) in [7, 11) is 2.20. The summed E-state index contributed by atoms with van der Waals surface area (Å²) in [6, 6.07) is 8.11. The van der Waals surface area contributed by atoms with Crippen LogP contribution < -0.4 is 5.32 Å². The highest BCUT2D eigenvalue weighted by atomic mass is 16.2. The first-order chi connectivity index (χ1) is 8.13. The van der Waals surface area contributed by atoms with Crippen LogP contribution in [-0.4, -0.2) is 36.7 Å². The number of rotatable bonds is 0. The van der Waals surface area contributed by atoms with E-state index < -0.39 is 0 Å². The van der Waals surface area contributed by atoms with Gasteiger partial charge in [0.2, 0.25) is 0 Å². The number of nitrogens with zero attached hydrogens (tertiary/aromatic N) is 1. The third kappa shape index (κ3) is 1.39. The van der Waals surface area contributed by atoms with Gasteiger partial charge in [-0.2, -0.15) is 0 Å². The van der Waals surface area contributed by atoms with Crippen molar-refractivity contribution in [1.82, 2.24) is 4.90 Å². The molecule has 2 heterocycles. The minimum atomic E-state index is -0.0455. The Morgan fingerprint density at radius 1 is 1.47 bits per heavy atom. The van der Waals surface area contributed by atoms with E-state index in [0.717, 1.165) is 30.6 Å². The summed E-state index contributed by atoms with van der Waals surface area (Å²) in [4.78, 5) is 14.6. The highest BCUT2D eigenvalue weighted by molar-refractivity contribution is 6.19. The van der Waals surface area contributed by atoms with Crippen LogP contribution >= 0.6 is 0 Å². The fraction of sp³-hybridized carbons (Fsp3) is 0.462. The van der Waals surface area contributed by atoms with Crippen molar-refractivity contribution in [1.29, 1.82) is 0 Å². The van der Waals surface area contributed by atoms with Crippen LogP contribution in [0.3, 0.4) is 0 Å². The normalized spacial score (nSPS) is 31.5. The topological polar surface area (TPSA) is 32.3 Å². The van der Waals surface area contributed by atoms with Crippen LogP contribution in [0.4, 0.5) is 5.69 Å². The second-order valence-corrected chi connectivity index (χ2v) is 5.33. The van der Waals surface area contributed by atoms with Gasteiger partial charge < -0.3 is 10.2 Å². The highest BCUT2D eigenvalue weighted by Gasteiger charge is 2.46. The molecule has 2 atom stereocenters. The fourth-order valence-corrected chi connectivity index (χ4v) is 3.10. The van der Waals surface area contributed by atoms with Gasteiger partial charge in [0, 0.05) is 23.7 Å². The van der Waals surface area contributed by atoms with E-state index in [0.29, 0.717) is 0 Å². The van der Waals surface area contributed by atoms with Gasteiger partial charge in [-0.25, -0.2) is 0 Å². The molecule has 3 nitrogen and oxygen atoms in total. The molecule has 2 aliphatic heterocycles. The van der Waals surface area contributed by atoms with E-state index in [1.54, 1.807) is 0 Å². The molecule has 0 saturated carbocycles. The second-order valence-electron chi connectivity index (χ2n) is 5.33. The van der Waals surface area contributed by atoms with Crippen molar-refractivity contribution in [2.24, 2.45) is 0 Å². The van der Waals surface area contributed by atoms with E-state index in [-0.39, 0.29) is 17.4 Å². The Morgan fingerprint density at radius 3 is 3.06 bits per heavy atom. The number of fused-ring (bicyclic) bond motifs is 2. The van der Waals surface area contributed by atoms with Gasteiger partial charge in [0.05, 0.1) is 5.56 Å². The molecule has 0 radical (unpaired) electrons. The average Bonchev–Trinajstić information content (AvgIpc) is 2.69. The van der Waals surface area contributed by atoms with E-state index in [9.17, 15) is 4.79 Å². The maximum Gasteiger partial charge on any atom is 0.255 e. The molecule has 3 rings (SSSR count). The van der Waals surface area contributed by atoms with Crippen molar-refractivity contribution in [2.45, 2.75) is 31.2 Å². The lowest BCUT2D eigenvalue weighted by Crippen LogP contribution is -2.55. The molecule has 0 spiro atoms. The summed E-state index contributed by atoms with van der Waals surface area (Å²) in [6.07, 6.45) is 2.19. The first-order valence-electron chi connectivity index (χ1n) is 6.30. The predicted octanol–water partition coefficient (Wildman–Crippen LogP) is 1.07. The van der Waals surface area contributed by atoms with E-state index in [1.165, 1.54) is 0 Å². The summed E-state index contributed by atoms with van der Waals surface area (Å²) in [5.41, 5.74) is 1.74. The number of benzene rings is 1. The number of carbonyl (C=O) groups is 1. The van der Waals surface area contributed by atoms with E-state index in [1.807, 2.05) is 24.3 Å². The number of amides is 1. The zero-order valence-corrected chi connectivity index (χ0v) is 10.4. The van der Waals surface area contributed by atoms with Crippen LogP contribution in [-0.2, 0) is 0 Å². The predicted molar refractivity (Wildman–Crippen MR) is 71.1 cm³/mol. The Kier molecular flexibility index (Phi) is 2.22. The molecule has 1 saturated heterocycles. The SMILES string of the molecule is BC12CCCN1C(=O)c1ccccc1NC2C. The summed E-state index contributed by atoms with van der Waals surface area (Å²) in [5.74, 6) is 0.178. The van der Waals surface area contributed by atoms with E-state index in [2.05, 4.69) is 25.0 Å². The first-order valence-corrected chi connectivity index (χ1v) is 6.30. The number of anilines is 1. The monoisotopic (exact) mass is 228 g/mol. The van der Waals surface area contributed by atoms with Crippen molar-refractivity contribution in [2.75, 3.05) is 11.9 Å². The summed E-state index contributed by atoms with van der Waals surface area (Å²) < 4.78 is 0. The van der Waals surface area contributed by atoms with E-state index in [4.69, 9.17) is 0 Å². The first kappa shape index (κ1) is 10.7. The molecule has 1 N–H and O–H groups in total. The number of para-hydroxylation sites is 1. The van der Waals surface area contributed by atoms with Gasteiger partial charge in [0.1, 0.15) is 7.85 Å². The lowest BCUT2D eigenvalue weighted by molar-refractivity contribution is 0.0696. The Balaban J connectivity index is 2.13. The van der Waals surface area contributed by atoms with Gasteiger partial charge in [-0.3, -0.25) is 4.79 Å². The molecule has 1 fully saturated rings. The zero-order valence-electron chi connectivity index (χ0n) is 10.4. The van der Waals surface area contributed by atoms with Gasteiger partial charge in [-0.1, -0.05) is 12.1 Å². The molecule has 0 aliphatic carbocycles. The minimum Gasteiger partial charge on any atom is -0.380 e. The molecule has 4 heteroatoms.